The van der Waals surface area contributed by atoms with Crippen LogP contribution in [0.25, 0.3) is 33.2 Å². The Morgan fingerprint density at radius 2 is 1.62 bits per heavy atom. The van der Waals surface area contributed by atoms with Crippen molar-refractivity contribution in [3.8, 4) is 22.5 Å². The second-order valence-corrected chi connectivity index (χ2v) is 12.9. The fourth-order valence-corrected chi connectivity index (χ4v) is 4.53. The fourth-order valence-electron chi connectivity index (χ4n) is 3.37. The number of fused-ring (bicyclic) bond motifs is 1. The molecular formula is C23H23HfOSi-. The summed E-state index contributed by atoms with van der Waals surface area (Å²) in [6.45, 7) is 9.14. The Kier molecular flexibility index (Phi) is 5.32. The van der Waals surface area contributed by atoms with Crippen LogP contribution >= 0.6 is 0 Å². The molecule has 0 atom stereocenters. The number of hydrogen-bond donors (Lipinski definition) is 0. The summed E-state index contributed by atoms with van der Waals surface area (Å²) in [7, 11) is -1.26. The molecule has 0 fully saturated rings. The molecule has 0 unspecified atom stereocenters. The summed E-state index contributed by atoms with van der Waals surface area (Å²) in [5.74, 6) is 1.89. The van der Waals surface area contributed by atoms with E-state index in [4.69, 9.17) is 4.42 Å². The summed E-state index contributed by atoms with van der Waals surface area (Å²) in [5, 5.41) is 4.04. The van der Waals surface area contributed by atoms with Crippen LogP contribution in [0.15, 0.2) is 71.1 Å². The molecule has 0 bridgehead atoms. The number of furan rings is 1. The third-order valence-corrected chi connectivity index (χ3v) is 6.90. The van der Waals surface area contributed by atoms with Crippen molar-refractivity contribution in [2.75, 3.05) is 0 Å². The minimum atomic E-state index is -1.26. The molecule has 0 amide bonds. The minimum Gasteiger partial charge on any atom is -0.496 e. The van der Waals surface area contributed by atoms with Crippen LogP contribution in [0, 0.1) is 6.92 Å². The van der Waals surface area contributed by atoms with E-state index < -0.39 is 8.07 Å². The van der Waals surface area contributed by atoms with Crippen molar-refractivity contribution in [2.24, 2.45) is 0 Å². The zero-order valence-electron chi connectivity index (χ0n) is 15.8. The Morgan fingerprint density at radius 3 is 2.23 bits per heavy atom. The van der Waals surface area contributed by atoms with E-state index in [0.29, 0.717) is 0 Å². The van der Waals surface area contributed by atoms with Crippen LogP contribution in [0.4, 0.5) is 0 Å². The Hall–Kier alpha value is -1.58. The molecule has 26 heavy (non-hydrogen) atoms. The van der Waals surface area contributed by atoms with E-state index in [1.165, 1.54) is 27.1 Å². The average Bonchev–Trinajstić information content (AvgIpc) is 3.19. The molecule has 3 heteroatoms. The summed E-state index contributed by atoms with van der Waals surface area (Å²) < 4.78 is 5.80. The molecule has 0 aliphatic rings. The molecular weight excluding hydrogens is 499 g/mol. The predicted octanol–water partition coefficient (Wildman–Crippen LogP) is 6.34. The molecule has 1 aromatic heterocycles. The first-order valence-corrected chi connectivity index (χ1v) is 12.3. The minimum absolute atomic E-state index is 0. The van der Waals surface area contributed by atoms with Crippen molar-refractivity contribution in [1.29, 1.82) is 0 Å². The van der Waals surface area contributed by atoms with Crippen LogP contribution in [0.5, 0.6) is 0 Å². The van der Waals surface area contributed by atoms with Gasteiger partial charge in [0.2, 0.25) is 0 Å². The summed E-state index contributed by atoms with van der Waals surface area (Å²) in [6.07, 6.45) is 0. The molecule has 0 saturated carbocycles. The van der Waals surface area contributed by atoms with Gasteiger partial charge in [0.1, 0.15) is 0 Å². The first-order valence-electron chi connectivity index (χ1n) is 8.79. The van der Waals surface area contributed by atoms with E-state index >= 15 is 0 Å². The van der Waals surface area contributed by atoms with Gasteiger partial charge in [-0.15, -0.1) is 29.0 Å². The quantitative estimate of drug-likeness (QED) is 0.226. The first-order chi connectivity index (χ1) is 11.9. The molecule has 130 valence electrons. The van der Waals surface area contributed by atoms with Gasteiger partial charge in [0.05, 0.1) is 19.6 Å². The number of aryl methyl sites for hydroxylation is 1. The van der Waals surface area contributed by atoms with E-state index in [1.54, 1.807) is 0 Å². The topological polar surface area (TPSA) is 13.1 Å². The van der Waals surface area contributed by atoms with Gasteiger partial charge in [0.15, 0.2) is 0 Å². The molecule has 0 aliphatic carbocycles. The van der Waals surface area contributed by atoms with Crippen LogP contribution in [-0.2, 0) is 25.8 Å². The molecule has 1 heterocycles. The maximum absolute atomic E-state index is 5.80. The van der Waals surface area contributed by atoms with Gasteiger partial charge < -0.3 is 4.42 Å². The third kappa shape index (κ3) is 3.60. The largest absolute Gasteiger partial charge is 0.496 e. The predicted molar refractivity (Wildman–Crippen MR) is 110 cm³/mol. The monoisotopic (exact) mass is 523 g/mol. The van der Waals surface area contributed by atoms with Gasteiger partial charge in [0.25, 0.3) is 0 Å². The van der Waals surface area contributed by atoms with Gasteiger partial charge in [-0.2, -0.15) is 0 Å². The zero-order valence-corrected chi connectivity index (χ0v) is 20.4. The summed E-state index contributed by atoms with van der Waals surface area (Å²) in [4.78, 5) is 0. The molecule has 0 N–H and O–H groups in total. The van der Waals surface area contributed by atoms with Crippen molar-refractivity contribution in [3.05, 3.63) is 72.5 Å². The Morgan fingerprint density at radius 1 is 0.885 bits per heavy atom. The number of rotatable bonds is 3. The van der Waals surface area contributed by atoms with Crippen LogP contribution in [0.1, 0.15) is 5.76 Å². The van der Waals surface area contributed by atoms with Crippen LogP contribution < -0.4 is 5.19 Å². The zero-order chi connectivity index (χ0) is 17.6. The van der Waals surface area contributed by atoms with Crippen LogP contribution in [0.2, 0.25) is 19.6 Å². The van der Waals surface area contributed by atoms with Crippen molar-refractivity contribution in [1.82, 2.24) is 0 Å². The Labute approximate surface area is 175 Å². The maximum Gasteiger partial charge on any atom is 0.0896 e. The van der Waals surface area contributed by atoms with E-state index in [2.05, 4.69) is 74.2 Å². The van der Waals surface area contributed by atoms with E-state index in [9.17, 15) is 0 Å². The van der Waals surface area contributed by atoms with Gasteiger partial charge in [-0.05, 0) is 24.6 Å². The van der Waals surface area contributed by atoms with Gasteiger partial charge >= 0.3 is 0 Å². The van der Waals surface area contributed by atoms with Gasteiger partial charge in [-0.3, -0.25) is 0 Å². The second kappa shape index (κ2) is 7.20. The smallest absolute Gasteiger partial charge is 0.0896 e. The van der Waals surface area contributed by atoms with Gasteiger partial charge in [0, 0.05) is 25.8 Å². The molecule has 0 aliphatic heterocycles. The van der Waals surface area contributed by atoms with Gasteiger partial charge in [-0.25, -0.2) is 0 Å². The fraction of sp³-hybridized carbons (Fsp3) is 0.174. The van der Waals surface area contributed by atoms with Crippen molar-refractivity contribution >= 4 is 24.0 Å². The third-order valence-electron chi connectivity index (χ3n) is 4.84. The molecule has 0 radical (unpaired) electrons. The molecule has 3 aromatic carbocycles. The van der Waals surface area contributed by atoms with E-state index in [0.717, 1.165) is 17.1 Å². The molecule has 1 nitrogen and oxygen atoms in total. The summed E-state index contributed by atoms with van der Waals surface area (Å²) in [6, 6.07) is 24.2. The van der Waals surface area contributed by atoms with E-state index in [1.807, 2.05) is 19.1 Å². The molecule has 4 aromatic rings. The SMILES string of the molecule is Cc1ccc(-c2cc3c(-c4ccc([Si](C)(C)C)cc4)cccc3[cH-]2)o1.[Hf]. The normalized spacial score (nSPS) is 11.5. The average molecular weight is 522 g/mol. The Balaban J connectivity index is 0.00000196. The van der Waals surface area contributed by atoms with Crippen molar-refractivity contribution < 1.29 is 30.3 Å². The van der Waals surface area contributed by atoms with Crippen LogP contribution in [0.3, 0.4) is 0 Å². The number of benzene rings is 2. The van der Waals surface area contributed by atoms with Gasteiger partial charge in [-0.1, -0.05) is 72.4 Å². The second-order valence-electron chi connectivity index (χ2n) is 7.79. The molecule has 0 spiro atoms. The summed E-state index contributed by atoms with van der Waals surface area (Å²) >= 11 is 0. The standard InChI is InChI=1S/C23H23OSi.Hf/c1-16-8-13-23(24-16)19-14-18-6-5-7-21(22(18)15-19)17-9-11-20(12-10-17)25(2,3)4;/h5-15H,1-4H3;/q-1;. The van der Waals surface area contributed by atoms with Crippen LogP contribution in [-0.4, -0.2) is 8.07 Å². The molecule has 4 rings (SSSR count). The number of hydrogen-bond acceptors (Lipinski definition) is 1. The maximum atomic E-state index is 5.80. The summed E-state index contributed by atoms with van der Waals surface area (Å²) in [5.41, 5.74) is 3.71. The van der Waals surface area contributed by atoms with E-state index in [-0.39, 0.29) is 25.8 Å². The molecule has 0 saturated heterocycles. The Bertz CT molecular complexity index is 1030. The van der Waals surface area contributed by atoms with Crippen molar-refractivity contribution in [2.45, 2.75) is 26.6 Å². The van der Waals surface area contributed by atoms with Crippen molar-refractivity contribution in [3.63, 3.8) is 0 Å². The first kappa shape index (κ1) is 19.2.